The van der Waals surface area contributed by atoms with Crippen LogP contribution in [0.1, 0.15) is 55.5 Å². The minimum absolute atomic E-state index is 0.0451. The summed E-state index contributed by atoms with van der Waals surface area (Å²) in [6, 6.07) is 54.8. The van der Waals surface area contributed by atoms with E-state index in [1.54, 1.807) is 29.6 Å². The van der Waals surface area contributed by atoms with Gasteiger partial charge in [0.2, 0.25) is 0 Å². The Balaban J connectivity index is 0.991. The molecule has 0 unspecified atom stereocenters. The number of thioether (sulfide) groups is 1. The van der Waals surface area contributed by atoms with Crippen LogP contribution in [0, 0.1) is 0 Å². The zero-order chi connectivity index (χ0) is 47.0. The lowest BCUT2D eigenvalue weighted by atomic mass is 9.77. The molecular weight excluding hydrogens is 1010 g/mol. The third-order valence-corrected chi connectivity index (χ3v) is 14.6. The summed E-state index contributed by atoms with van der Waals surface area (Å²) >= 11 is 4.75. The van der Waals surface area contributed by atoms with Gasteiger partial charge in [-0.05, 0) is 51.1 Å². The molecule has 0 radical (unpaired) electrons. The van der Waals surface area contributed by atoms with Gasteiger partial charge in [-0.1, -0.05) is 192 Å². The molecular formula is C53H42IN5O7S2. The van der Waals surface area contributed by atoms with Gasteiger partial charge in [-0.2, -0.15) is 0 Å². The molecule has 2 atom stereocenters. The SMILES string of the molecule is O=C(O)C1=C(CI)CS[C@H]2[C@H](NC(=O)C(=NOCc3ccc(C(=O)OC(c4ccccc4)c4ccccc4)cc3)c3csc(NC(c4ccccc4)(c4ccccc4)c4ccccc4)n3)C(=O)N12. The van der Waals surface area contributed by atoms with Crippen LogP contribution in [0.2, 0.25) is 0 Å². The topological polar surface area (TPSA) is 160 Å². The van der Waals surface area contributed by atoms with Crippen molar-refractivity contribution in [2.75, 3.05) is 15.5 Å². The fraction of sp³-hybridized carbons (Fsp3) is 0.132. The molecule has 3 heterocycles. The van der Waals surface area contributed by atoms with E-state index in [0.717, 1.165) is 27.8 Å². The molecule has 2 amide bonds. The third kappa shape index (κ3) is 9.54. The molecule has 0 bridgehead atoms. The molecule has 1 fully saturated rings. The number of carbonyl (C=O) groups is 4. The second kappa shape index (κ2) is 20.8. The van der Waals surface area contributed by atoms with Crippen LogP contribution in [-0.4, -0.2) is 66.1 Å². The van der Waals surface area contributed by atoms with Gasteiger partial charge in [0.15, 0.2) is 16.9 Å². The molecule has 0 aliphatic carbocycles. The Morgan fingerprint density at radius 2 is 1.31 bits per heavy atom. The molecule has 7 aromatic rings. The van der Waals surface area contributed by atoms with Gasteiger partial charge in [-0.3, -0.25) is 14.5 Å². The maximum Gasteiger partial charge on any atom is 0.352 e. The number of halogens is 1. The maximum absolute atomic E-state index is 14.4. The number of carboxylic acid groups (broad SMARTS) is 1. The van der Waals surface area contributed by atoms with E-state index in [0.29, 0.717) is 32.0 Å². The third-order valence-electron chi connectivity index (χ3n) is 11.6. The summed E-state index contributed by atoms with van der Waals surface area (Å²) in [5.74, 6) is -2.56. The first-order chi connectivity index (χ1) is 33.2. The summed E-state index contributed by atoms with van der Waals surface area (Å²) in [6.07, 6.45) is -0.612. The van der Waals surface area contributed by atoms with Crippen molar-refractivity contribution in [2.24, 2.45) is 5.16 Å². The average Bonchev–Trinajstić information content (AvgIpc) is 3.86. The van der Waals surface area contributed by atoms with Crippen LogP contribution >= 0.6 is 45.7 Å². The number of oxime groups is 1. The lowest BCUT2D eigenvalue weighted by molar-refractivity contribution is -0.150. The number of carbonyl (C=O) groups excluding carboxylic acids is 3. The molecule has 340 valence electrons. The zero-order valence-corrected chi connectivity index (χ0v) is 39.9. The minimum atomic E-state index is -1.19. The summed E-state index contributed by atoms with van der Waals surface area (Å²) in [5.41, 5.74) is 5.19. The first kappa shape index (κ1) is 46.0. The van der Waals surface area contributed by atoms with Gasteiger partial charge in [-0.15, -0.1) is 23.1 Å². The molecule has 0 spiro atoms. The second-order valence-electron chi connectivity index (χ2n) is 15.8. The van der Waals surface area contributed by atoms with Crippen LogP contribution in [0.4, 0.5) is 5.13 Å². The Bertz CT molecular complexity index is 2840. The van der Waals surface area contributed by atoms with E-state index in [4.69, 9.17) is 14.6 Å². The van der Waals surface area contributed by atoms with Crippen LogP contribution in [0.5, 0.6) is 0 Å². The zero-order valence-electron chi connectivity index (χ0n) is 36.1. The van der Waals surface area contributed by atoms with Crippen LogP contribution in [-0.2, 0) is 36.1 Å². The Hall–Kier alpha value is -7.08. The van der Waals surface area contributed by atoms with Crippen LogP contribution in [0.15, 0.2) is 198 Å². The summed E-state index contributed by atoms with van der Waals surface area (Å²) in [7, 11) is 0. The highest BCUT2D eigenvalue weighted by molar-refractivity contribution is 14.1. The predicted octanol–water partition coefficient (Wildman–Crippen LogP) is 9.59. The summed E-state index contributed by atoms with van der Waals surface area (Å²) < 4.78 is 6.50. The molecule has 9 rings (SSSR count). The van der Waals surface area contributed by atoms with Gasteiger partial charge in [-0.25, -0.2) is 14.6 Å². The van der Waals surface area contributed by atoms with Gasteiger partial charge in [0.25, 0.3) is 11.8 Å². The molecule has 2 aliphatic rings. The van der Waals surface area contributed by atoms with E-state index in [2.05, 4.69) is 38.4 Å². The number of aromatic nitrogens is 1. The smallest absolute Gasteiger partial charge is 0.352 e. The molecule has 12 nitrogen and oxygen atoms in total. The molecule has 3 N–H and O–H groups in total. The predicted molar refractivity (Wildman–Crippen MR) is 271 cm³/mol. The number of nitrogens with one attached hydrogen (secondary N) is 2. The van der Waals surface area contributed by atoms with Crippen LogP contribution in [0.3, 0.4) is 0 Å². The minimum Gasteiger partial charge on any atom is -0.477 e. The number of ether oxygens (including phenoxy) is 1. The lowest BCUT2D eigenvalue weighted by Crippen LogP contribution is -2.71. The molecule has 2 aliphatic heterocycles. The number of hydrogen-bond donors (Lipinski definition) is 3. The van der Waals surface area contributed by atoms with E-state index < -0.39 is 46.8 Å². The van der Waals surface area contributed by atoms with E-state index in [-0.39, 0.29) is 23.7 Å². The van der Waals surface area contributed by atoms with E-state index in [1.807, 2.05) is 152 Å². The number of hydrogen-bond acceptors (Lipinski definition) is 11. The number of aliphatic carboxylic acids is 1. The number of anilines is 1. The van der Waals surface area contributed by atoms with E-state index in [1.165, 1.54) is 28.0 Å². The number of nitrogens with zero attached hydrogens (tertiary/aromatic N) is 3. The number of rotatable bonds is 17. The summed E-state index contributed by atoms with van der Waals surface area (Å²) in [5, 5.41) is 22.4. The highest BCUT2D eigenvalue weighted by Crippen LogP contribution is 2.42. The maximum atomic E-state index is 14.4. The molecule has 1 saturated heterocycles. The normalized spacial score (nSPS) is 15.8. The van der Waals surface area contributed by atoms with Gasteiger partial charge in [0.05, 0.1) is 5.56 Å². The number of alkyl halides is 1. The largest absolute Gasteiger partial charge is 0.477 e. The number of fused-ring (bicyclic) bond motifs is 1. The van der Waals surface area contributed by atoms with Gasteiger partial charge in [0, 0.05) is 15.6 Å². The van der Waals surface area contributed by atoms with Crippen molar-refractivity contribution in [2.45, 2.75) is 29.7 Å². The average molecular weight is 1050 g/mol. The summed E-state index contributed by atoms with van der Waals surface area (Å²) in [6.45, 7) is -0.0857. The molecule has 15 heteroatoms. The number of amides is 2. The number of thiazole rings is 1. The van der Waals surface area contributed by atoms with Crippen LogP contribution in [0.25, 0.3) is 0 Å². The number of carboxylic acids is 1. The molecule has 0 saturated carbocycles. The van der Waals surface area contributed by atoms with Crippen molar-refractivity contribution in [3.63, 3.8) is 0 Å². The van der Waals surface area contributed by atoms with Gasteiger partial charge in [0.1, 0.15) is 35.0 Å². The first-order valence-corrected chi connectivity index (χ1v) is 25.0. The van der Waals surface area contributed by atoms with Crippen molar-refractivity contribution in [1.82, 2.24) is 15.2 Å². The van der Waals surface area contributed by atoms with Crippen molar-refractivity contribution in [3.05, 3.63) is 237 Å². The number of benzene rings is 6. The quantitative estimate of drug-likeness (QED) is 0.0153. The Morgan fingerprint density at radius 3 is 1.82 bits per heavy atom. The highest BCUT2D eigenvalue weighted by Gasteiger charge is 2.54. The van der Waals surface area contributed by atoms with E-state index >= 15 is 0 Å². The first-order valence-electron chi connectivity index (χ1n) is 21.5. The monoisotopic (exact) mass is 1050 g/mol. The lowest BCUT2D eigenvalue weighted by Gasteiger charge is -2.49. The fourth-order valence-electron chi connectivity index (χ4n) is 8.25. The van der Waals surface area contributed by atoms with Gasteiger partial charge < -0.3 is 25.3 Å². The van der Waals surface area contributed by atoms with Crippen molar-refractivity contribution < 1.29 is 33.9 Å². The van der Waals surface area contributed by atoms with Crippen molar-refractivity contribution in [1.29, 1.82) is 0 Å². The Kier molecular flexibility index (Phi) is 14.1. The fourth-order valence-corrected chi connectivity index (χ4v) is 11.3. The van der Waals surface area contributed by atoms with Crippen molar-refractivity contribution in [3.8, 4) is 0 Å². The van der Waals surface area contributed by atoms with E-state index in [9.17, 15) is 24.3 Å². The van der Waals surface area contributed by atoms with Gasteiger partial charge >= 0.3 is 11.9 Å². The summed E-state index contributed by atoms with van der Waals surface area (Å²) in [4.78, 5) is 65.8. The Labute approximate surface area is 414 Å². The number of β-lactam (4-membered cyclic amide) rings is 1. The molecule has 6 aromatic carbocycles. The molecule has 1 aromatic heterocycles. The second-order valence-corrected chi connectivity index (χ2v) is 18.5. The molecule has 68 heavy (non-hydrogen) atoms. The number of esters is 1. The van der Waals surface area contributed by atoms with Crippen molar-refractivity contribution >= 4 is 80.3 Å². The highest BCUT2D eigenvalue weighted by atomic mass is 127. The standard InChI is InChI=1S/C53H42IN5O7S2/c54-30-38-32-67-49-44(48(61)59(49)45(38)50(62)63)56-47(60)43(58-65-31-34-26-28-37(29-27-34)51(64)66-46(35-16-6-1-7-17-35)36-18-8-2-9-19-36)42-33-68-52(55-42)57-53(39-20-10-3-11-21-39,40-22-12-4-13-23-40)41-24-14-5-15-25-41/h1-29,33,44,46,49H,30-32H2,(H,55,57)(H,56,60)(H,62,63)/t44-,49+/m1/s1. The van der Waals surface area contributed by atoms with Crippen LogP contribution < -0.4 is 10.6 Å². The Morgan fingerprint density at radius 1 is 0.779 bits per heavy atom.